The van der Waals surface area contributed by atoms with E-state index in [-0.39, 0.29) is 33.7 Å². The second-order valence-electron chi connectivity index (χ2n) is 11.2. The Morgan fingerprint density at radius 2 is 1.87 bits per heavy atom. The number of fused-ring (bicyclic) bond motifs is 2. The van der Waals surface area contributed by atoms with Crippen molar-refractivity contribution < 1.29 is 9.59 Å². The Bertz CT molecular complexity index is 1610. The number of likely N-dealkylation sites (N-methyl/N-ethyl adjacent to an activating group) is 1. The highest BCUT2D eigenvalue weighted by molar-refractivity contribution is 6.02. The summed E-state index contributed by atoms with van der Waals surface area (Å²) in [5, 5.41) is 7.33. The van der Waals surface area contributed by atoms with Crippen molar-refractivity contribution in [2.75, 3.05) is 7.05 Å². The van der Waals surface area contributed by atoms with Crippen LogP contribution >= 0.6 is 0 Å². The molecule has 2 aromatic heterocycles. The van der Waals surface area contributed by atoms with Crippen molar-refractivity contribution in [3.8, 4) is 11.1 Å². The van der Waals surface area contributed by atoms with Crippen LogP contribution in [0.15, 0.2) is 79.3 Å². The van der Waals surface area contributed by atoms with E-state index >= 15 is 0 Å². The van der Waals surface area contributed by atoms with Gasteiger partial charge in [0.2, 0.25) is 0 Å². The Morgan fingerprint density at radius 1 is 1.08 bits per heavy atom. The number of aromatic nitrogens is 3. The first-order valence-corrected chi connectivity index (χ1v) is 13.1. The van der Waals surface area contributed by atoms with E-state index in [1.165, 1.54) is 11.1 Å². The molecule has 0 radical (unpaired) electrons. The maximum absolute atomic E-state index is 14.6. The summed E-state index contributed by atoms with van der Waals surface area (Å²) in [6, 6.07) is 20.1. The van der Waals surface area contributed by atoms with Gasteiger partial charge in [-0.2, -0.15) is 5.10 Å². The van der Waals surface area contributed by atoms with E-state index in [9.17, 15) is 9.59 Å². The molecule has 7 rings (SSSR count). The van der Waals surface area contributed by atoms with Crippen LogP contribution in [0, 0.1) is 12.3 Å². The van der Waals surface area contributed by atoms with Gasteiger partial charge in [0.25, 0.3) is 5.91 Å². The predicted molar refractivity (Wildman–Crippen MR) is 145 cm³/mol. The molecule has 4 aromatic rings. The first kappa shape index (κ1) is 23.0. The number of aryl methyl sites for hydroxylation is 2. The minimum absolute atomic E-state index is 0.0293. The maximum atomic E-state index is 14.6. The number of benzene rings is 2. The second-order valence-corrected chi connectivity index (χ2v) is 11.2. The highest BCUT2D eigenvalue weighted by Crippen LogP contribution is 2.70. The first-order chi connectivity index (χ1) is 18.3. The van der Waals surface area contributed by atoms with Gasteiger partial charge in [0.1, 0.15) is 17.4 Å². The minimum Gasteiger partial charge on any atom is -0.335 e. The number of piperidine rings is 1. The van der Waals surface area contributed by atoms with E-state index < -0.39 is 6.04 Å². The van der Waals surface area contributed by atoms with Gasteiger partial charge in [0.05, 0.1) is 7.05 Å². The molecule has 1 aliphatic heterocycles. The van der Waals surface area contributed by atoms with Crippen LogP contribution in [0.1, 0.15) is 39.5 Å². The number of likely N-dealkylation sites (tertiary alicyclic amines) is 1. The number of carbonyl (C=O) groups is 2. The predicted octanol–water partition coefficient (Wildman–Crippen LogP) is 4.17. The third kappa shape index (κ3) is 3.05. The van der Waals surface area contributed by atoms with Gasteiger partial charge in [-0.25, -0.2) is 9.28 Å². The molecule has 7 heteroatoms. The number of nitrogens with one attached hydrogen (secondary N) is 1. The zero-order chi connectivity index (χ0) is 26.2. The molecule has 38 heavy (non-hydrogen) atoms. The van der Waals surface area contributed by atoms with Crippen LogP contribution in [0.3, 0.4) is 0 Å². The molecule has 1 saturated heterocycles. The van der Waals surface area contributed by atoms with Crippen molar-refractivity contribution in [3.05, 3.63) is 102 Å². The molecule has 5 atom stereocenters. The number of rotatable bonds is 4. The van der Waals surface area contributed by atoms with Crippen molar-refractivity contribution >= 4 is 17.5 Å². The largest absolute Gasteiger partial charge is 0.341 e. The van der Waals surface area contributed by atoms with Gasteiger partial charge in [-0.3, -0.25) is 14.5 Å². The summed E-state index contributed by atoms with van der Waals surface area (Å²) in [5.41, 5.74) is 7.20. The van der Waals surface area contributed by atoms with Crippen molar-refractivity contribution in [1.29, 1.82) is 0 Å². The molecule has 7 nitrogen and oxygen atoms in total. The van der Waals surface area contributed by atoms with Crippen molar-refractivity contribution in [2.24, 2.45) is 12.5 Å². The Kier molecular flexibility index (Phi) is 4.82. The van der Waals surface area contributed by atoms with Gasteiger partial charge in [-0.05, 0) is 65.4 Å². The highest BCUT2D eigenvalue weighted by atomic mass is 16.2. The van der Waals surface area contributed by atoms with Gasteiger partial charge in [-0.15, -0.1) is 0 Å². The lowest BCUT2D eigenvalue weighted by molar-refractivity contribution is -0.135. The molecule has 1 N–H and O–H groups in total. The van der Waals surface area contributed by atoms with E-state index in [4.69, 9.17) is 0 Å². The van der Waals surface area contributed by atoms with E-state index in [1.807, 2.05) is 25.4 Å². The Balaban J connectivity index is 1.31. The molecular weight excluding hydrogens is 474 g/mol. The second kappa shape index (κ2) is 7.95. The molecule has 190 valence electrons. The fraction of sp³-hybridized carbons (Fsp3) is 0.290. The normalized spacial score (nSPS) is 28.8. The molecule has 1 spiro atoms. The zero-order valence-electron chi connectivity index (χ0n) is 21.8. The third-order valence-electron chi connectivity index (χ3n) is 9.36. The quantitative estimate of drug-likeness (QED) is 0.424. The number of quaternary nitrogens is 1. The summed E-state index contributed by atoms with van der Waals surface area (Å²) >= 11 is 0. The van der Waals surface area contributed by atoms with E-state index in [1.54, 1.807) is 30.2 Å². The average molecular weight is 505 g/mol. The SMILES string of the molecule is Cc1cnccc1-c1ccc([N+]2(C)C(=O)C(NC(=O)c3ccnn3C)C3c4ccccc4CC34CC42)cc1. The van der Waals surface area contributed by atoms with Crippen LogP contribution in [0.25, 0.3) is 11.1 Å². The van der Waals surface area contributed by atoms with Crippen LogP contribution < -0.4 is 9.80 Å². The summed E-state index contributed by atoms with van der Waals surface area (Å²) in [6.07, 6.45) is 7.17. The standard InChI is InChI=1S/C31H29N5O2/c1-19-18-32-14-12-23(19)20-8-10-22(11-9-20)36(3)26-17-31(26)16-21-6-4-5-7-24(21)27(31)28(30(36)38)34-29(37)25-13-15-33-35(25)2/h4-15,18,26-28H,16-17H2,1-3H3/p+1. The number of pyridine rings is 1. The van der Waals surface area contributed by atoms with Gasteiger partial charge in [0, 0.05) is 55.5 Å². The van der Waals surface area contributed by atoms with Crippen LogP contribution in [0.2, 0.25) is 0 Å². The van der Waals surface area contributed by atoms with Gasteiger partial charge < -0.3 is 5.32 Å². The molecule has 1 saturated carbocycles. The number of carbonyl (C=O) groups excluding carboxylic acids is 2. The lowest BCUT2D eigenvalue weighted by atomic mass is 9.78. The monoisotopic (exact) mass is 504 g/mol. The summed E-state index contributed by atoms with van der Waals surface area (Å²) in [5.74, 6) is -0.261. The molecule has 3 heterocycles. The molecular formula is C31H30N5O2+. The Morgan fingerprint density at radius 3 is 2.61 bits per heavy atom. The van der Waals surface area contributed by atoms with Crippen LogP contribution in [-0.2, 0) is 18.3 Å². The molecule has 0 bridgehead atoms. The fourth-order valence-corrected chi connectivity index (χ4v) is 7.40. The smallest absolute Gasteiger partial charge is 0.335 e. The molecule has 5 unspecified atom stereocenters. The fourth-order valence-electron chi connectivity index (χ4n) is 7.40. The third-order valence-corrected chi connectivity index (χ3v) is 9.36. The van der Waals surface area contributed by atoms with Gasteiger partial charge >= 0.3 is 5.91 Å². The van der Waals surface area contributed by atoms with E-state index in [0.29, 0.717) is 5.69 Å². The molecule has 2 fully saturated rings. The first-order valence-electron chi connectivity index (χ1n) is 13.1. The van der Waals surface area contributed by atoms with Gasteiger partial charge in [-0.1, -0.05) is 24.3 Å². The minimum atomic E-state index is -0.632. The number of hydrogen-bond acceptors (Lipinski definition) is 4. The van der Waals surface area contributed by atoms with Crippen LogP contribution in [0.4, 0.5) is 5.69 Å². The number of hydrogen-bond donors (Lipinski definition) is 1. The van der Waals surface area contributed by atoms with E-state index in [2.05, 4.69) is 64.8 Å². The zero-order valence-corrected chi connectivity index (χ0v) is 21.8. The highest BCUT2D eigenvalue weighted by Gasteiger charge is 2.78. The summed E-state index contributed by atoms with van der Waals surface area (Å²) in [6.45, 7) is 2.06. The average Bonchev–Trinajstić information content (AvgIpc) is 3.33. The van der Waals surface area contributed by atoms with Crippen molar-refractivity contribution in [1.82, 2.24) is 24.6 Å². The van der Waals surface area contributed by atoms with Crippen molar-refractivity contribution in [2.45, 2.75) is 37.8 Å². The summed E-state index contributed by atoms with van der Waals surface area (Å²) in [4.78, 5) is 32.2. The maximum Gasteiger partial charge on any atom is 0.341 e. The van der Waals surface area contributed by atoms with E-state index in [0.717, 1.165) is 35.2 Å². The number of amides is 2. The number of nitrogens with zero attached hydrogens (tertiary/aromatic N) is 4. The lowest BCUT2D eigenvalue weighted by Crippen LogP contribution is -2.67. The molecule has 2 aliphatic carbocycles. The Labute approximate surface area is 221 Å². The van der Waals surface area contributed by atoms with Gasteiger partial charge in [0.15, 0.2) is 6.04 Å². The Hall–Kier alpha value is -4.10. The van der Waals surface area contributed by atoms with Crippen molar-refractivity contribution in [3.63, 3.8) is 0 Å². The molecule has 3 aliphatic rings. The lowest BCUT2D eigenvalue weighted by Gasteiger charge is -2.43. The van der Waals surface area contributed by atoms with Crippen LogP contribution in [-0.4, -0.2) is 45.7 Å². The summed E-state index contributed by atoms with van der Waals surface area (Å²) < 4.78 is 1.74. The topological polar surface area (TPSA) is 76.9 Å². The molecule has 2 aromatic carbocycles. The summed E-state index contributed by atoms with van der Waals surface area (Å²) in [7, 11) is 3.78. The molecule has 2 amide bonds. The van der Waals surface area contributed by atoms with Crippen LogP contribution in [0.5, 0.6) is 0 Å².